The van der Waals surface area contributed by atoms with E-state index in [2.05, 4.69) is 0 Å². The van der Waals surface area contributed by atoms with E-state index in [1.807, 2.05) is 12.1 Å². The zero-order chi connectivity index (χ0) is 13.6. The summed E-state index contributed by atoms with van der Waals surface area (Å²) in [5, 5.41) is 10.4. The van der Waals surface area contributed by atoms with Crippen LogP contribution in [0.1, 0.15) is 31.1 Å². The molecule has 2 rings (SSSR count). The molecule has 1 N–H and O–H groups in total. The second-order valence-corrected chi connectivity index (χ2v) is 7.81. The van der Waals surface area contributed by atoms with Crippen molar-refractivity contribution >= 4 is 9.84 Å². The molecule has 0 spiro atoms. The van der Waals surface area contributed by atoms with Gasteiger partial charge in [-0.25, -0.2) is 8.42 Å². The Hall–Kier alpha value is -1.07. The summed E-state index contributed by atoms with van der Waals surface area (Å²) in [6, 6.07) is 5.48. The minimum absolute atomic E-state index is 0.556. The van der Waals surface area contributed by atoms with Gasteiger partial charge in [-0.05, 0) is 19.4 Å². The number of rotatable bonds is 3. The first kappa shape index (κ1) is 13.4. The molecule has 0 amide bonds. The molecule has 0 radical (unpaired) electrons. The third-order valence-electron chi connectivity index (χ3n) is 3.65. The topological polar surface area (TPSA) is 63.6 Å². The van der Waals surface area contributed by atoms with Gasteiger partial charge in [-0.15, -0.1) is 0 Å². The molecule has 0 fully saturated rings. The molecule has 18 heavy (non-hydrogen) atoms. The van der Waals surface area contributed by atoms with Crippen molar-refractivity contribution in [2.45, 2.75) is 31.1 Å². The van der Waals surface area contributed by atoms with Gasteiger partial charge in [0.15, 0.2) is 9.84 Å². The summed E-state index contributed by atoms with van der Waals surface area (Å²) in [6.45, 7) is 3.64. The highest BCUT2D eigenvalue weighted by atomic mass is 32.2. The number of hydrogen-bond donors (Lipinski definition) is 1. The van der Waals surface area contributed by atoms with Crippen molar-refractivity contribution in [1.29, 1.82) is 0 Å². The van der Waals surface area contributed by atoms with Gasteiger partial charge in [0, 0.05) is 18.2 Å². The quantitative estimate of drug-likeness (QED) is 0.903. The van der Waals surface area contributed by atoms with Crippen LogP contribution in [0.3, 0.4) is 0 Å². The fourth-order valence-electron chi connectivity index (χ4n) is 2.03. The number of benzene rings is 1. The average Bonchev–Trinajstić information content (AvgIpc) is 2.73. The Labute approximate surface area is 108 Å². The minimum Gasteiger partial charge on any atom is -0.493 e. The molecule has 100 valence electrons. The Morgan fingerprint density at radius 3 is 2.67 bits per heavy atom. The van der Waals surface area contributed by atoms with Crippen LogP contribution in [-0.4, -0.2) is 31.1 Å². The van der Waals surface area contributed by atoms with Gasteiger partial charge in [0.1, 0.15) is 11.9 Å². The Kier molecular flexibility index (Phi) is 3.15. The first-order chi connectivity index (χ1) is 8.25. The maximum atomic E-state index is 11.8. The van der Waals surface area contributed by atoms with Gasteiger partial charge >= 0.3 is 0 Å². The zero-order valence-electron chi connectivity index (χ0n) is 10.8. The van der Waals surface area contributed by atoms with Gasteiger partial charge < -0.3 is 9.84 Å². The van der Waals surface area contributed by atoms with E-state index in [1.54, 1.807) is 6.07 Å². The lowest BCUT2D eigenvalue weighted by Gasteiger charge is -2.29. The van der Waals surface area contributed by atoms with Crippen molar-refractivity contribution < 1.29 is 18.3 Å². The largest absolute Gasteiger partial charge is 0.493 e. The number of hydrogen-bond acceptors (Lipinski definition) is 4. The molecule has 1 aliphatic heterocycles. The Bertz CT molecular complexity index is 560. The molecule has 1 aromatic rings. The van der Waals surface area contributed by atoms with Crippen LogP contribution in [0.2, 0.25) is 0 Å². The Morgan fingerprint density at radius 1 is 1.39 bits per heavy atom. The summed E-state index contributed by atoms with van der Waals surface area (Å²) in [7, 11) is -3.37. The third-order valence-corrected chi connectivity index (χ3v) is 5.79. The molecule has 1 aromatic carbocycles. The standard InChI is InChI=1S/C13H18O4S/c1-13(2,18(3,15)16)12(14)10-6-4-5-9-7-8-17-11(9)10/h4-6,12,14H,7-8H2,1-3H3. The van der Waals surface area contributed by atoms with E-state index < -0.39 is 20.7 Å². The SMILES string of the molecule is CC(C)(C(O)c1cccc2c1OCC2)S(C)(=O)=O. The predicted octanol–water partition coefficient (Wildman–Crippen LogP) is 1.48. The maximum absolute atomic E-state index is 11.8. The Morgan fingerprint density at radius 2 is 2.06 bits per heavy atom. The summed E-state index contributed by atoms with van der Waals surface area (Å²) >= 11 is 0. The second-order valence-electron chi connectivity index (χ2n) is 5.21. The molecule has 0 saturated heterocycles. The smallest absolute Gasteiger partial charge is 0.155 e. The molecule has 5 heteroatoms. The molecule has 0 aliphatic carbocycles. The molecular weight excluding hydrogens is 252 g/mol. The van der Waals surface area contributed by atoms with Gasteiger partial charge in [-0.2, -0.15) is 0 Å². The van der Waals surface area contributed by atoms with Crippen LogP contribution in [0.25, 0.3) is 0 Å². The minimum atomic E-state index is -3.37. The van der Waals surface area contributed by atoms with Crippen LogP contribution in [-0.2, 0) is 16.3 Å². The highest BCUT2D eigenvalue weighted by Gasteiger charge is 2.40. The van der Waals surface area contributed by atoms with Crippen molar-refractivity contribution in [1.82, 2.24) is 0 Å². The lowest BCUT2D eigenvalue weighted by Crippen LogP contribution is -2.38. The van der Waals surface area contributed by atoms with Crippen LogP contribution in [0, 0.1) is 0 Å². The molecule has 0 aromatic heterocycles. The van der Waals surface area contributed by atoms with Crippen molar-refractivity contribution in [3.05, 3.63) is 29.3 Å². The molecular formula is C13H18O4S. The van der Waals surface area contributed by atoms with E-state index in [-0.39, 0.29) is 0 Å². The van der Waals surface area contributed by atoms with Gasteiger partial charge in [0.2, 0.25) is 0 Å². The summed E-state index contributed by atoms with van der Waals surface area (Å²) in [4.78, 5) is 0. The first-order valence-corrected chi connectivity index (χ1v) is 7.76. The van der Waals surface area contributed by atoms with Crippen LogP contribution >= 0.6 is 0 Å². The van der Waals surface area contributed by atoms with Gasteiger partial charge in [0.05, 0.1) is 11.4 Å². The highest BCUT2D eigenvalue weighted by Crippen LogP contribution is 2.40. The van der Waals surface area contributed by atoms with E-state index in [1.165, 1.54) is 13.8 Å². The maximum Gasteiger partial charge on any atom is 0.155 e. The van der Waals surface area contributed by atoms with Crippen LogP contribution in [0.4, 0.5) is 0 Å². The van der Waals surface area contributed by atoms with Crippen molar-refractivity contribution in [2.75, 3.05) is 12.9 Å². The normalized spacial score (nSPS) is 17.1. The molecule has 1 atom stereocenters. The average molecular weight is 270 g/mol. The number of para-hydroxylation sites is 1. The molecule has 0 bridgehead atoms. The summed E-state index contributed by atoms with van der Waals surface area (Å²) in [5.41, 5.74) is 1.58. The monoisotopic (exact) mass is 270 g/mol. The van der Waals surface area contributed by atoms with Crippen LogP contribution in [0.5, 0.6) is 5.75 Å². The van der Waals surface area contributed by atoms with Gasteiger partial charge in [0.25, 0.3) is 0 Å². The highest BCUT2D eigenvalue weighted by molar-refractivity contribution is 7.92. The van der Waals surface area contributed by atoms with Gasteiger partial charge in [-0.1, -0.05) is 18.2 Å². The van der Waals surface area contributed by atoms with Crippen molar-refractivity contribution in [3.8, 4) is 5.75 Å². The summed E-state index contributed by atoms with van der Waals surface area (Å²) < 4.78 is 27.8. The molecule has 4 nitrogen and oxygen atoms in total. The number of fused-ring (bicyclic) bond motifs is 1. The van der Waals surface area contributed by atoms with E-state index in [4.69, 9.17) is 4.74 Å². The first-order valence-electron chi connectivity index (χ1n) is 5.87. The summed E-state index contributed by atoms with van der Waals surface area (Å²) in [6.07, 6.45) is 0.843. The van der Waals surface area contributed by atoms with E-state index in [9.17, 15) is 13.5 Å². The van der Waals surface area contributed by atoms with Crippen molar-refractivity contribution in [2.24, 2.45) is 0 Å². The zero-order valence-corrected chi connectivity index (χ0v) is 11.6. The molecule has 1 unspecified atom stereocenters. The molecule has 1 heterocycles. The lowest BCUT2D eigenvalue weighted by molar-refractivity contribution is 0.135. The molecule has 1 aliphatic rings. The van der Waals surface area contributed by atoms with Crippen LogP contribution < -0.4 is 4.74 Å². The van der Waals surface area contributed by atoms with E-state index in [0.29, 0.717) is 17.9 Å². The second kappa shape index (κ2) is 4.24. The number of aliphatic hydroxyl groups is 1. The Balaban J connectivity index is 2.48. The van der Waals surface area contributed by atoms with Gasteiger partial charge in [-0.3, -0.25) is 0 Å². The summed E-state index contributed by atoms with van der Waals surface area (Å²) in [5.74, 6) is 0.640. The predicted molar refractivity (Wildman–Crippen MR) is 69.5 cm³/mol. The fraction of sp³-hybridized carbons (Fsp3) is 0.538. The lowest BCUT2D eigenvalue weighted by atomic mass is 9.95. The fourth-order valence-corrected chi connectivity index (χ4v) is 2.57. The third kappa shape index (κ3) is 2.01. The van der Waals surface area contributed by atoms with E-state index in [0.717, 1.165) is 18.2 Å². The van der Waals surface area contributed by atoms with Crippen LogP contribution in [0.15, 0.2) is 18.2 Å². The number of ether oxygens (including phenoxy) is 1. The number of aliphatic hydroxyl groups excluding tert-OH is 1. The van der Waals surface area contributed by atoms with E-state index >= 15 is 0 Å². The molecule has 0 saturated carbocycles. The van der Waals surface area contributed by atoms with Crippen molar-refractivity contribution in [3.63, 3.8) is 0 Å². The number of sulfone groups is 1.